The summed E-state index contributed by atoms with van der Waals surface area (Å²) < 4.78 is 6.23. The average Bonchev–Trinajstić information content (AvgIpc) is 2.84. The van der Waals surface area contributed by atoms with Crippen molar-refractivity contribution in [3.63, 3.8) is 0 Å². The standard InChI is InChI=1S/C14H10ClIN2O/c1-19-9-3-5-12-13(7-9)18-14(17-12)8-2-4-11(16)10(15)6-8/h2-7H,1H3,(H,17,18). The maximum Gasteiger partial charge on any atom is 0.138 e. The van der Waals surface area contributed by atoms with Crippen LogP contribution in [0.25, 0.3) is 22.4 Å². The fraction of sp³-hybridized carbons (Fsp3) is 0.0714. The first-order valence-corrected chi connectivity index (χ1v) is 7.12. The van der Waals surface area contributed by atoms with E-state index < -0.39 is 0 Å². The third-order valence-electron chi connectivity index (χ3n) is 2.88. The Morgan fingerprint density at radius 3 is 2.79 bits per heavy atom. The van der Waals surface area contributed by atoms with Gasteiger partial charge in [-0.1, -0.05) is 17.7 Å². The molecule has 1 N–H and O–H groups in total. The number of nitrogens with zero attached hydrogens (tertiary/aromatic N) is 1. The number of halogens is 2. The van der Waals surface area contributed by atoms with Crippen molar-refractivity contribution in [3.05, 3.63) is 45.0 Å². The van der Waals surface area contributed by atoms with Gasteiger partial charge in [-0.05, 0) is 46.9 Å². The zero-order valence-corrected chi connectivity index (χ0v) is 13.0. The van der Waals surface area contributed by atoms with Crippen molar-refractivity contribution in [1.82, 2.24) is 9.97 Å². The minimum atomic E-state index is 0.733. The lowest BCUT2D eigenvalue weighted by molar-refractivity contribution is 0.415. The van der Waals surface area contributed by atoms with Crippen molar-refractivity contribution >= 4 is 45.2 Å². The summed E-state index contributed by atoms with van der Waals surface area (Å²) in [6.07, 6.45) is 0. The second-order valence-corrected chi connectivity index (χ2v) is 5.67. The highest BCUT2D eigenvalue weighted by Crippen LogP contribution is 2.27. The third kappa shape index (κ3) is 2.42. The summed E-state index contributed by atoms with van der Waals surface area (Å²) in [6.45, 7) is 0. The molecule has 0 aliphatic heterocycles. The number of nitrogens with one attached hydrogen (secondary N) is 1. The molecule has 3 aromatic rings. The SMILES string of the molecule is COc1ccc2nc(-c3ccc(I)c(Cl)c3)[nH]c2c1. The maximum atomic E-state index is 6.14. The van der Waals surface area contributed by atoms with E-state index in [0.717, 1.165) is 36.8 Å². The van der Waals surface area contributed by atoms with Gasteiger partial charge in [0.25, 0.3) is 0 Å². The Morgan fingerprint density at radius 2 is 2.05 bits per heavy atom. The topological polar surface area (TPSA) is 37.9 Å². The number of hydrogen-bond acceptors (Lipinski definition) is 2. The number of aromatic amines is 1. The molecule has 19 heavy (non-hydrogen) atoms. The first-order chi connectivity index (χ1) is 9.17. The van der Waals surface area contributed by atoms with E-state index in [1.54, 1.807) is 7.11 Å². The minimum Gasteiger partial charge on any atom is -0.497 e. The van der Waals surface area contributed by atoms with Gasteiger partial charge >= 0.3 is 0 Å². The van der Waals surface area contributed by atoms with Gasteiger partial charge in [0, 0.05) is 15.2 Å². The van der Waals surface area contributed by atoms with Gasteiger partial charge in [-0.25, -0.2) is 4.98 Å². The van der Waals surface area contributed by atoms with E-state index in [-0.39, 0.29) is 0 Å². The van der Waals surface area contributed by atoms with Crippen molar-refractivity contribution in [1.29, 1.82) is 0 Å². The number of fused-ring (bicyclic) bond motifs is 1. The fourth-order valence-corrected chi connectivity index (χ4v) is 2.41. The number of imidazole rings is 1. The summed E-state index contributed by atoms with van der Waals surface area (Å²) >= 11 is 8.35. The van der Waals surface area contributed by atoms with E-state index in [0.29, 0.717) is 0 Å². The highest BCUT2D eigenvalue weighted by molar-refractivity contribution is 14.1. The van der Waals surface area contributed by atoms with Gasteiger partial charge in [-0.15, -0.1) is 0 Å². The molecule has 5 heteroatoms. The minimum absolute atomic E-state index is 0.733. The highest BCUT2D eigenvalue weighted by atomic mass is 127. The molecule has 96 valence electrons. The Morgan fingerprint density at radius 1 is 1.21 bits per heavy atom. The summed E-state index contributed by atoms with van der Waals surface area (Å²) in [5.74, 6) is 1.62. The van der Waals surface area contributed by atoms with Crippen LogP contribution in [0.3, 0.4) is 0 Å². The predicted octanol–water partition coefficient (Wildman–Crippen LogP) is 4.50. The quantitative estimate of drug-likeness (QED) is 0.661. The fourth-order valence-electron chi connectivity index (χ4n) is 1.90. The number of H-pyrrole nitrogens is 1. The Kier molecular flexibility index (Phi) is 3.36. The summed E-state index contributed by atoms with van der Waals surface area (Å²) in [5, 5.41) is 0.733. The van der Waals surface area contributed by atoms with E-state index in [1.807, 2.05) is 36.4 Å². The van der Waals surface area contributed by atoms with Crippen LogP contribution in [0.4, 0.5) is 0 Å². The first kappa shape index (κ1) is 12.7. The Balaban J connectivity index is 2.11. The Labute approximate surface area is 129 Å². The molecule has 0 spiro atoms. The normalized spacial score (nSPS) is 10.9. The van der Waals surface area contributed by atoms with Crippen LogP contribution in [0.1, 0.15) is 0 Å². The van der Waals surface area contributed by atoms with Crippen LogP contribution in [0, 0.1) is 3.57 Å². The zero-order chi connectivity index (χ0) is 13.4. The highest BCUT2D eigenvalue weighted by Gasteiger charge is 2.07. The molecule has 0 saturated carbocycles. The van der Waals surface area contributed by atoms with Crippen molar-refractivity contribution < 1.29 is 4.74 Å². The second-order valence-electron chi connectivity index (χ2n) is 4.10. The van der Waals surface area contributed by atoms with E-state index in [1.165, 1.54) is 0 Å². The van der Waals surface area contributed by atoms with Crippen molar-refractivity contribution in [2.24, 2.45) is 0 Å². The lowest BCUT2D eigenvalue weighted by Gasteiger charge is -1.99. The van der Waals surface area contributed by atoms with Crippen molar-refractivity contribution in [2.75, 3.05) is 7.11 Å². The van der Waals surface area contributed by atoms with Crippen molar-refractivity contribution in [3.8, 4) is 17.1 Å². The molecule has 0 unspecified atom stereocenters. The summed E-state index contributed by atoms with van der Waals surface area (Å²) in [7, 11) is 1.65. The van der Waals surface area contributed by atoms with Crippen LogP contribution < -0.4 is 4.74 Å². The molecule has 0 saturated heterocycles. The van der Waals surface area contributed by atoms with Crippen LogP contribution in [-0.4, -0.2) is 17.1 Å². The molecule has 0 radical (unpaired) electrons. The molecule has 0 amide bonds. The van der Waals surface area contributed by atoms with Gasteiger partial charge in [-0.3, -0.25) is 0 Å². The summed E-state index contributed by atoms with van der Waals surface area (Å²) in [4.78, 5) is 7.84. The Bertz CT molecular complexity index is 754. The first-order valence-electron chi connectivity index (χ1n) is 5.66. The number of rotatable bonds is 2. The molecule has 0 atom stereocenters. The maximum absolute atomic E-state index is 6.14. The van der Waals surface area contributed by atoms with Gasteiger partial charge in [0.05, 0.1) is 23.2 Å². The number of methoxy groups -OCH3 is 1. The Hall–Kier alpha value is -1.27. The number of benzene rings is 2. The predicted molar refractivity (Wildman–Crippen MR) is 85.8 cm³/mol. The van der Waals surface area contributed by atoms with Crippen LogP contribution in [-0.2, 0) is 0 Å². The van der Waals surface area contributed by atoms with E-state index >= 15 is 0 Å². The number of hydrogen-bond donors (Lipinski definition) is 1. The monoisotopic (exact) mass is 384 g/mol. The average molecular weight is 385 g/mol. The summed E-state index contributed by atoms with van der Waals surface area (Å²) in [5.41, 5.74) is 2.83. The zero-order valence-electron chi connectivity index (χ0n) is 10.1. The molecule has 0 fully saturated rings. The van der Waals surface area contributed by atoms with Crippen LogP contribution >= 0.6 is 34.2 Å². The molecular formula is C14H10ClIN2O. The van der Waals surface area contributed by atoms with Gasteiger partial charge in [-0.2, -0.15) is 0 Å². The van der Waals surface area contributed by atoms with Crippen LogP contribution in [0.15, 0.2) is 36.4 Å². The number of ether oxygens (including phenoxy) is 1. The van der Waals surface area contributed by atoms with E-state index in [4.69, 9.17) is 16.3 Å². The van der Waals surface area contributed by atoms with Gasteiger partial charge in [0.2, 0.25) is 0 Å². The van der Waals surface area contributed by atoms with Gasteiger partial charge < -0.3 is 9.72 Å². The van der Waals surface area contributed by atoms with Gasteiger partial charge in [0.1, 0.15) is 11.6 Å². The second kappa shape index (κ2) is 5.02. The molecule has 2 aromatic carbocycles. The van der Waals surface area contributed by atoms with E-state index in [2.05, 4.69) is 32.6 Å². The lowest BCUT2D eigenvalue weighted by Crippen LogP contribution is -1.82. The molecule has 0 aliphatic carbocycles. The van der Waals surface area contributed by atoms with Crippen LogP contribution in [0.5, 0.6) is 5.75 Å². The number of aromatic nitrogens is 2. The smallest absolute Gasteiger partial charge is 0.138 e. The molecular weight excluding hydrogens is 375 g/mol. The molecule has 1 heterocycles. The third-order valence-corrected chi connectivity index (χ3v) is 4.45. The molecule has 3 rings (SSSR count). The molecule has 0 bridgehead atoms. The van der Waals surface area contributed by atoms with Crippen molar-refractivity contribution in [2.45, 2.75) is 0 Å². The lowest BCUT2D eigenvalue weighted by atomic mass is 10.2. The largest absolute Gasteiger partial charge is 0.497 e. The molecule has 1 aromatic heterocycles. The molecule has 0 aliphatic rings. The van der Waals surface area contributed by atoms with Crippen LogP contribution in [0.2, 0.25) is 5.02 Å². The van der Waals surface area contributed by atoms with E-state index in [9.17, 15) is 0 Å². The van der Waals surface area contributed by atoms with Gasteiger partial charge in [0.15, 0.2) is 0 Å². The molecule has 3 nitrogen and oxygen atoms in total. The summed E-state index contributed by atoms with van der Waals surface area (Å²) in [6, 6.07) is 11.7.